The first-order chi connectivity index (χ1) is 12.7. The van der Waals surface area contributed by atoms with E-state index in [1.807, 2.05) is 0 Å². The van der Waals surface area contributed by atoms with Gasteiger partial charge in [-0.15, -0.1) is 0 Å². The predicted octanol–water partition coefficient (Wildman–Crippen LogP) is 6.84. The molecule has 26 heavy (non-hydrogen) atoms. The Morgan fingerprint density at radius 1 is 1.00 bits per heavy atom. The Bertz CT molecular complexity index is 782. The molecule has 0 bridgehead atoms. The van der Waals surface area contributed by atoms with Gasteiger partial charge in [0.15, 0.2) is 0 Å². The van der Waals surface area contributed by atoms with Crippen molar-refractivity contribution in [1.29, 1.82) is 0 Å². The highest BCUT2D eigenvalue weighted by Gasteiger charge is 2.30. The van der Waals surface area contributed by atoms with Crippen LogP contribution in [-0.2, 0) is 0 Å². The summed E-state index contributed by atoms with van der Waals surface area (Å²) >= 11 is 0. The highest BCUT2D eigenvalue weighted by Crippen LogP contribution is 2.49. The molecule has 2 atom stereocenters. The van der Waals surface area contributed by atoms with Gasteiger partial charge >= 0.3 is 0 Å². The monoisotopic (exact) mass is 338 g/mol. The van der Waals surface area contributed by atoms with Gasteiger partial charge in [0, 0.05) is 5.92 Å². The summed E-state index contributed by atoms with van der Waals surface area (Å²) in [6.07, 6.45) is 13.0. The van der Waals surface area contributed by atoms with Gasteiger partial charge in [-0.3, -0.25) is 0 Å². The van der Waals surface area contributed by atoms with E-state index in [2.05, 4.69) is 73.7 Å². The Hall–Kier alpha value is -2.02. The van der Waals surface area contributed by atoms with Gasteiger partial charge in [-0.1, -0.05) is 91.5 Å². The SMILES string of the molecule is [B]C(C)CCC1C=CC/C=C(/C2c3ccccc3-c3ccccc32)CC1. The predicted molar refractivity (Wildman–Crippen MR) is 113 cm³/mol. The highest BCUT2D eigenvalue weighted by molar-refractivity contribution is 6.11. The minimum atomic E-state index is 0.303. The first-order valence-electron chi connectivity index (χ1n) is 10.0. The van der Waals surface area contributed by atoms with Crippen LogP contribution in [-0.4, -0.2) is 7.85 Å². The lowest BCUT2D eigenvalue weighted by Gasteiger charge is -2.22. The lowest BCUT2D eigenvalue weighted by atomic mass is 9.79. The van der Waals surface area contributed by atoms with E-state index in [1.165, 1.54) is 41.5 Å². The van der Waals surface area contributed by atoms with Crippen molar-refractivity contribution in [3.05, 3.63) is 83.5 Å². The molecule has 0 heterocycles. The van der Waals surface area contributed by atoms with Gasteiger partial charge in [-0.2, -0.15) is 0 Å². The molecule has 0 nitrogen and oxygen atoms in total. The van der Waals surface area contributed by atoms with E-state index in [1.54, 1.807) is 5.57 Å². The van der Waals surface area contributed by atoms with Crippen LogP contribution in [0.4, 0.5) is 0 Å². The molecule has 2 aromatic carbocycles. The van der Waals surface area contributed by atoms with Crippen LogP contribution >= 0.6 is 0 Å². The zero-order valence-corrected chi connectivity index (χ0v) is 15.7. The molecule has 2 unspecified atom stereocenters. The summed E-state index contributed by atoms with van der Waals surface area (Å²) in [5, 5.41) is 0. The van der Waals surface area contributed by atoms with Crippen LogP contribution in [0.3, 0.4) is 0 Å². The maximum Gasteiger partial charge on any atom is 0.0695 e. The van der Waals surface area contributed by atoms with E-state index in [4.69, 9.17) is 7.85 Å². The molecule has 2 aromatic rings. The van der Waals surface area contributed by atoms with E-state index in [9.17, 15) is 0 Å². The number of benzene rings is 2. The van der Waals surface area contributed by atoms with Gasteiger partial charge in [-0.05, 0) is 53.9 Å². The summed E-state index contributed by atoms with van der Waals surface area (Å²) in [6.45, 7) is 2.12. The van der Waals surface area contributed by atoms with E-state index in [0.29, 0.717) is 17.7 Å². The maximum atomic E-state index is 5.98. The Morgan fingerprint density at radius 3 is 2.31 bits per heavy atom. The second-order valence-electron chi connectivity index (χ2n) is 7.90. The standard InChI is InChI=1S/C25H27B/c1-18(26)14-15-19-8-2-3-9-20(17-16-19)25-23-12-6-4-10-21(23)22-11-5-7-13-24(22)25/h2,4-13,18-19,25H,3,14-17H2,1H3/b8-2?,20-9+. The summed E-state index contributed by atoms with van der Waals surface area (Å²) in [6, 6.07) is 17.9. The third-order valence-electron chi connectivity index (χ3n) is 5.93. The Morgan fingerprint density at radius 2 is 1.65 bits per heavy atom. The van der Waals surface area contributed by atoms with Crippen LogP contribution in [0.25, 0.3) is 11.1 Å². The normalized spacial score (nSPS) is 22.7. The molecular weight excluding hydrogens is 311 g/mol. The average molecular weight is 338 g/mol. The molecule has 2 radical (unpaired) electrons. The Labute approximate surface area is 159 Å². The molecule has 0 amide bonds. The van der Waals surface area contributed by atoms with Crippen LogP contribution in [0.1, 0.15) is 56.1 Å². The summed E-state index contributed by atoms with van der Waals surface area (Å²) in [4.78, 5) is 0. The maximum absolute atomic E-state index is 5.98. The topological polar surface area (TPSA) is 0 Å². The van der Waals surface area contributed by atoms with Crippen molar-refractivity contribution in [2.75, 3.05) is 0 Å². The third-order valence-corrected chi connectivity index (χ3v) is 5.93. The molecule has 0 aromatic heterocycles. The van der Waals surface area contributed by atoms with Crippen molar-refractivity contribution in [3.8, 4) is 11.1 Å². The summed E-state index contributed by atoms with van der Waals surface area (Å²) in [5.41, 5.74) is 7.39. The fraction of sp³-hybridized carbons (Fsp3) is 0.360. The summed E-state index contributed by atoms with van der Waals surface area (Å²) < 4.78 is 0. The number of fused-ring (bicyclic) bond motifs is 3. The number of rotatable bonds is 4. The van der Waals surface area contributed by atoms with Crippen LogP contribution in [0.15, 0.2) is 72.3 Å². The van der Waals surface area contributed by atoms with Crippen LogP contribution < -0.4 is 0 Å². The second kappa shape index (κ2) is 7.70. The van der Waals surface area contributed by atoms with Crippen LogP contribution in [0.5, 0.6) is 0 Å². The van der Waals surface area contributed by atoms with Crippen molar-refractivity contribution >= 4 is 7.85 Å². The zero-order chi connectivity index (χ0) is 17.9. The van der Waals surface area contributed by atoms with E-state index >= 15 is 0 Å². The first kappa shape index (κ1) is 17.4. The Balaban J connectivity index is 1.62. The smallest absolute Gasteiger partial charge is 0.0695 e. The van der Waals surface area contributed by atoms with E-state index < -0.39 is 0 Å². The van der Waals surface area contributed by atoms with E-state index in [0.717, 1.165) is 12.8 Å². The average Bonchev–Trinajstić information content (AvgIpc) is 2.96. The quantitative estimate of drug-likeness (QED) is 0.423. The van der Waals surface area contributed by atoms with Gasteiger partial charge < -0.3 is 0 Å². The molecule has 2 aliphatic rings. The lowest BCUT2D eigenvalue weighted by molar-refractivity contribution is 0.509. The molecular formula is C25H27B. The van der Waals surface area contributed by atoms with Gasteiger partial charge in [-0.25, -0.2) is 0 Å². The fourth-order valence-corrected chi connectivity index (χ4v) is 4.58. The minimum Gasteiger partial charge on any atom is -0.0851 e. The largest absolute Gasteiger partial charge is 0.0851 e. The summed E-state index contributed by atoms with van der Waals surface area (Å²) in [7, 11) is 5.98. The molecule has 0 fully saturated rings. The molecule has 0 saturated heterocycles. The van der Waals surface area contributed by atoms with Crippen molar-refractivity contribution in [2.45, 2.75) is 50.8 Å². The molecule has 130 valence electrons. The van der Waals surface area contributed by atoms with Crippen molar-refractivity contribution in [1.82, 2.24) is 0 Å². The molecule has 2 aliphatic carbocycles. The highest BCUT2D eigenvalue weighted by atomic mass is 14.3. The number of hydrogen-bond donors (Lipinski definition) is 0. The molecule has 0 aliphatic heterocycles. The third kappa shape index (κ3) is 3.45. The number of allylic oxidation sites excluding steroid dienone is 4. The second-order valence-corrected chi connectivity index (χ2v) is 7.90. The van der Waals surface area contributed by atoms with Gasteiger partial charge in [0.25, 0.3) is 0 Å². The van der Waals surface area contributed by atoms with E-state index in [-0.39, 0.29) is 0 Å². The van der Waals surface area contributed by atoms with Crippen LogP contribution in [0, 0.1) is 5.92 Å². The number of hydrogen-bond acceptors (Lipinski definition) is 0. The molecule has 0 saturated carbocycles. The molecule has 0 N–H and O–H groups in total. The molecule has 0 spiro atoms. The summed E-state index contributed by atoms with van der Waals surface area (Å²) in [5.74, 6) is 1.40. The van der Waals surface area contributed by atoms with Gasteiger partial charge in [0.05, 0.1) is 7.85 Å². The minimum absolute atomic E-state index is 0.303. The lowest BCUT2D eigenvalue weighted by Crippen LogP contribution is -2.07. The van der Waals surface area contributed by atoms with Gasteiger partial charge in [0.2, 0.25) is 0 Å². The van der Waals surface area contributed by atoms with Gasteiger partial charge in [0.1, 0.15) is 0 Å². The van der Waals surface area contributed by atoms with Crippen molar-refractivity contribution in [2.24, 2.45) is 5.92 Å². The van der Waals surface area contributed by atoms with Crippen LogP contribution in [0.2, 0.25) is 5.82 Å². The first-order valence-corrected chi connectivity index (χ1v) is 10.0. The van der Waals surface area contributed by atoms with Crippen molar-refractivity contribution in [3.63, 3.8) is 0 Å². The Kier molecular flexibility index (Phi) is 5.15. The fourth-order valence-electron chi connectivity index (χ4n) is 4.58. The molecule has 1 heteroatoms. The zero-order valence-electron chi connectivity index (χ0n) is 15.7. The van der Waals surface area contributed by atoms with Crippen molar-refractivity contribution < 1.29 is 0 Å². The molecule has 4 rings (SSSR count).